The molecule has 0 saturated carbocycles. The number of rotatable bonds is 6. The molecular formula is C20H20N2O3S. The minimum Gasteiger partial charge on any atom is -0.459 e. The fraction of sp³-hybridized carbons (Fsp3) is 0.200. The van der Waals surface area contributed by atoms with E-state index in [4.69, 9.17) is 4.42 Å². The van der Waals surface area contributed by atoms with Gasteiger partial charge < -0.3 is 15.1 Å². The number of hydrogen-bond acceptors (Lipinski definition) is 4. The topological polar surface area (TPSA) is 71.3 Å². The number of hydrogen-bond donors (Lipinski definition) is 2. The zero-order valence-electron chi connectivity index (χ0n) is 14.7. The van der Waals surface area contributed by atoms with Gasteiger partial charge in [0, 0.05) is 6.54 Å². The average molecular weight is 368 g/mol. The van der Waals surface area contributed by atoms with Crippen molar-refractivity contribution in [2.75, 3.05) is 11.9 Å². The summed E-state index contributed by atoms with van der Waals surface area (Å²) in [4.78, 5) is 24.8. The summed E-state index contributed by atoms with van der Waals surface area (Å²) in [5, 5.41) is 6.25. The van der Waals surface area contributed by atoms with Gasteiger partial charge in [0.2, 0.25) is 0 Å². The Kier molecular flexibility index (Phi) is 5.53. The number of furan rings is 1. The molecule has 2 aromatic heterocycles. The molecule has 0 unspecified atom stereocenters. The highest BCUT2D eigenvalue weighted by atomic mass is 32.1. The van der Waals surface area contributed by atoms with Crippen molar-refractivity contribution in [1.82, 2.24) is 5.32 Å². The summed E-state index contributed by atoms with van der Waals surface area (Å²) in [7, 11) is 0. The second kappa shape index (κ2) is 8.01. The van der Waals surface area contributed by atoms with Crippen molar-refractivity contribution in [1.29, 1.82) is 0 Å². The van der Waals surface area contributed by atoms with Crippen molar-refractivity contribution >= 4 is 28.2 Å². The number of nitrogens with one attached hydrogen (secondary N) is 2. The summed E-state index contributed by atoms with van der Waals surface area (Å²) < 4.78 is 5.05. The second-order valence-corrected chi connectivity index (χ2v) is 7.11. The Morgan fingerprint density at radius 3 is 2.65 bits per heavy atom. The van der Waals surface area contributed by atoms with E-state index in [2.05, 4.69) is 42.7 Å². The summed E-state index contributed by atoms with van der Waals surface area (Å²) in [5.74, 6) is -0.241. The highest BCUT2D eigenvalue weighted by Crippen LogP contribution is 2.22. The number of anilines is 1. The molecule has 0 atom stereocenters. The largest absolute Gasteiger partial charge is 0.459 e. The van der Waals surface area contributed by atoms with Gasteiger partial charge in [-0.25, -0.2) is 0 Å². The standard InChI is InChI=1S/C20H20N2O3S/c1-13-5-6-15(14(2)12-13)9-10-21-20(24)17-7-8-18(26-17)22-19(23)16-4-3-11-25-16/h3-8,11-12H,9-10H2,1-2H3,(H,21,24)(H,22,23). The van der Waals surface area contributed by atoms with Gasteiger partial charge in [0.25, 0.3) is 11.8 Å². The van der Waals surface area contributed by atoms with E-state index in [1.54, 1.807) is 24.3 Å². The monoisotopic (exact) mass is 368 g/mol. The normalized spacial score (nSPS) is 10.5. The number of thiophene rings is 1. The first-order valence-corrected chi connectivity index (χ1v) is 9.13. The summed E-state index contributed by atoms with van der Waals surface area (Å²) in [6.07, 6.45) is 2.23. The van der Waals surface area contributed by atoms with Crippen LogP contribution in [-0.4, -0.2) is 18.4 Å². The first-order chi connectivity index (χ1) is 12.5. The number of amides is 2. The van der Waals surface area contributed by atoms with Crippen LogP contribution in [-0.2, 0) is 6.42 Å². The van der Waals surface area contributed by atoms with E-state index in [0.717, 1.165) is 6.42 Å². The summed E-state index contributed by atoms with van der Waals surface area (Å²) >= 11 is 1.23. The summed E-state index contributed by atoms with van der Waals surface area (Å²) in [6.45, 7) is 4.71. The van der Waals surface area contributed by atoms with Crippen molar-refractivity contribution in [2.24, 2.45) is 0 Å². The highest BCUT2D eigenvalue weighted by Gasteiger charge is 2.13. The molecule has 0 spiro atoms. The predicted molar refractivity (Wildman–Crippen MR) is 103 cm³/mol. The molecule has 0 aliphatic heterocycles. The first-order valence-electron chi connectivity index (χ1n) is 8.32. The van der Waals surface area contributed by atoms with Gasteiger partial charge in [-0.1, -0.05) is 23.8 Å². The van der Waals surface area contributed by atoms with Crippen LogP contribution in [0, 0.1) is 13.8 Å². The highest BCUT2D eigenvalue weighted by molar-refractivity contribution is 7.18. The zero-order valence-corrected chi connectivity index (χ0v) is 15.5. The molecule has 2 N–H and O–H groups in total. The molecule has 0 aliphatic rings. The van der Waals surface area contributed by atoms with Gasteiger partial charge >= 0.3 is 0 Å². The van der Waals surface area contributed by atoms with Crippen LogP contribution in [0.4, 0.5) is 5.00 Å². The molecule has 26 heavy (non-hydrogen) atoms. The van der Waals surface area contributed by atoms with E-state index in [1.165, 1.54) is 34.3 Å². The van der Waals surface area contributed by atoms with Gasteiger partial charge in [0.15, 0.2) is 5.76 Å². The smallest absolute Gasteiger partial charge is 0.291 e. The Hall–Kier alpha value is -2.86. The average Bonchev–Trinajstić information content (AvgIpc) is 3.28. The van der Waals surface area contributed by atoms with Gasteiger partial charge in [-0.3, -0.25) is 9.59 Å². The zero-order chi connectivity index (χ0) is 18.5. The van der Waals surface area contributed by atoms with Crippen LogP contribution in [0.25, 0.3) is 0 Å². The molecule has 0 saturated heterocycles. The lowest BCUT2D eigenvalue weighted by atomic mass is 10.0. The molecule has 2 heterocycles. The van der Waals surface area contributed by atoms with Crippen LogP contribution in [0.15, 0.2) is 53.1 Å². The van der Waals surface area contributed by atoms with E-state index < -0.39 is 0 Å². The van der Waals surface area contributed by atoms with Gasteiger partial charge in [0.1, 0.15) is 0 Å². The molecule has 2 amide bonds. The minimum atomic E-state index is -0.335. The molecule has 1 aromatic carbocycles. The van der Waals surface area contributed by atoms with Gasteiger partial charge in [-0.05, 0) is 55.7 Å². The van der Waals surface area contributed by atoms with E-state index in [-0.39, 0.29) is 17.6 Å². The quantitative estimate of drug-likeness (QED) is 0.685. The van der Waals surface area contributed by atoms with Gasteiger partial charge in [-0.15, -0.1) is 11.3 Å². The summed E-state index contributed by atoms with van der Waals surface area (Å²) in [6, 6.07) is 13.0. The van der Waals surface area contributed by atoms with Crippen LogP contribution in [0.3, 0.4) is 0 Å². The fourth-order valence-corrected chi connectivity index (χ4v) is 3.45. The van der Waals surface area contributed by atoms with Crippen molar-refractivity contribution < 1.29 is 14.0 Å². The SMILES string of the molecule is Cc1ccc(CCNC(=O)c2ccc(NC(=O)c3ccco3)s2)c(C)c1. The number of carbonyl (C=O) groups excluding carboxylic acids is 2. The molecule has 134 valence electrons. The van der Waals surface area contributed by atoms with Crippen LogP contribution < -0.4 is 10.6 Å². The molecule has 5 nitrogen and oxygen atoms in total. The Balaban J connectivity index is 1.52. The Morgan fingerprint density at radius 1 is 1.08 bits per heavy atom. The van der Waals surface area contributed by atoms with E-state index >= 15 is 0 Å². The van der Waals surface area contributed by atoms with Gasteiger partial charge in [0.05, 0.1) is 16.1 Å². The number of carbonyl (C=O) groups is 2. The molecule has 3 rings (SSSR count). The third kappa shape index (κ3) is 4.40. The van der Waals surface area contributed by atoms with Crippen LogP contribution in [0.1, 0.15) is 36.9 Å². The fourth-order valence-electron chi connectivity index (χ4n) is 2.63. The van der Waals surface area contributed by atoms with Crippen molar-refractivity contribution in [3.05, 3.63) is 76.1 Å². The summed E-state index contributed by atoms with van der Waals surface area (Å²) in [5.41, 5.74) is 3.70. The second-order valence-electron chi connectivity index (χ2n) is 6.03. The molecule has 0 radical (unpaired) electrons. The number of aryl methyl sites for hydroxylation is 2. The molecule has 0 aliphatic carbocycles. The van der Waals surface area contributed by atoms with Crippen molar-refractivity contribution in [3.8, 4) is 0 Å². The molecule has 3 aromatic rings. The maximum atomic E-state index is 12.3. The van der Waals surface area contributed by atoms with Crippen LogP contribution in [0.2, 0.25) is 0 Å². The predicted octanol–water partition coefficient (Wildman–Crippen LogP) is 4.18. The number of benzene rings is 1. The molecule has 0 fully saturated rings. The Morgan fingerprint density at radius 2 is 1.92 bits per heavy atom. The molecule has 6 heteroatoms. The lowest BCUT2D eigenvalue weighted by Gasteiger charge is -2.08. The van der Waals surface area contributed by atoms with E-state index in [0.29, 0.717) is 16.4 Å². The van der Waals surface area contributed by atoms with Crippen LogP contribution in [0.5, 0.6) is 0 Å². The minimum absolute atomic E-state index is 0.140. The lowest BCUT2D eigenvalue weighted by molar-refractivity contribution is 0.0956. The van der Waals surface area contributed by atoms with Crippen molar-refractivity contribution in [2.45, 2.75) is 20.3 Å². The third-order valence-corrected chi connectivity index (χ3v) is 4.99. The van der Waals surface area contributed by atoms with Crippen molar-refractivity contribution in [3.63, 3.8) is 0 Å². The first kappa shape index (κ1) is 17.9. The van der Waals surface area contributed by atoms with E-state index in [1.807, 2.05) is 0 Å². The maximum Gasteiger partial charge on any atom is 0.291 e. The Labute approximate surface area is 156 Å². The van der Waals surface area contributed by atoms with Crippen LogP contribution >= 0.6 is 11.3 Å². The van der Waals surface area contributed by atoms with E-state index in [9.17, 15) is 9.59 Å². The maximum absolute atomic E-state index is 12.3. The van der Waals surface area contributed by atoms with Gasteiger partial charge in [-0.2, -0.15) is 0 Å². The lowest BCUT2D eigenvalue weighted by Crippen LogP contribution is -2.25. The molecular weight excluding hydrogens is 348 g/mol. The molecule has 0 bridgehead atoms. The third-order valence-electron chi connectivity index (χ3n) is 3.99. The Bertz CT molecular complexity index is 913.